The molecule has 7 nitrogen and oxygen atoms in total. The number of hydrogen-bond acceptors (Lipinski definition) is 7. The van der Waals surface area contributed by atoms with Crippen LogP contribution in [-0.4, -0.2) is 36.4 Å². The molecule has 160 valence electrons. The van der Waals surface area contributed by atoms with Crippen molar-refractivity contribution >= 4 is 5.96 Å². The second kappa shape index (κ2) is 6.98. The van der Waals surface area contributed by atoms with E-state index in [0.717, 1.165) is 40.8 Å². The molecule has 31 heavy (non-hydrogen) atoms. The number of guanidine groups is 1. The maximum Gasteiger partial charge on any atom is 0.222 e. The van der Waals surface area contributed by atoms with E-state index in [-0.39, 0.29) is 6.10 Å². The van der Waals surface area contributed by atoms with E-state index in [0.29, 0.717) is 24.6 Å². The zero-order valence-electron chi connectivity index (χ0n) is 18.0. The topological polar surface area (TPSA) is 93.1 Å². The lowest BCUT2D eigenvalue weighted by atomic mass is 9.80. The lowest BCUT2D eigenvalue weighted by molar-refractivity contribution is -0.220. The fraction of sp³-hybridized carbons (Fsp3) is 0.417. The van der Waals surface area contributed by atoms with Crippen molar-refractivity contribution < 1.29 is 14.3 Å². The molecule has 2 N–H and O–H groups in total. The summed E-state index contributed by atoms with van der Waals surface area (Å²) in [7, 11) is 1.76. The van der Waals surface area contributed by atoms with Gasteiger partial charge in [0.1, 0.15) is 11.4 Å². The second-order valence-corrected chi connectivity index (χ2v) is 8.88. The molecule has 2 aromatic carbocycles. The van der Waals surface area contributed by atoms with E-state index in [1.807, 2.05) is 37.3 Å². The van der Waals surface area contributed by atoms with Crippen LogP contribution in [0.3, 0.4) is 0 Å². The summed E-state index contributed by atoms with van der Waals surface area (Å²) in [5.74, 6) is 1.06. The first-order valence-corrected chi connectivity index (χ1v) is 10.6. The van der Waals surface area contributed by atoms with Crippen molar-refractivity contribution in [1.29, 1.82) is 5.26 Å². The minimum absolute atomic E-state index is 0.213. The largest absolute Gasteiger partial charge is 0.484 e. The Morgan fingerprint density at radius 2 is 2.06 bits per heavy atom. The van der Waals surface area contributed by atoms with E-state index < -0.39 is 11.3 Å². The third kappa shape index (κ3) is 3.32. The van der Waals surface area contributed by atoms with E-state index >= 15 is 0 Å². The molecule has 5 rings (SSSR count). The normalized spacial score (nSPS) is 29.4. The molecular formula is C24H26N4O3. The molecule has 2 spiro atoms. The van der Waals surface area contributed by atoms with Gasteiger partial charge >= 0.3 is 0 Å². The van der Waals surface area contributed by atoms with Gasteiger partial charge in [-0.05, 0) is 67.6 Å². The van der Waals surface area contributed by atoms with Gasteiger partial charge in [0.15, 0.2) is 0 Å². The Hall–Kier alpha value is -3.08. The minimum Gasteiger partial charge on any atom is -0.484 e. The number of hydrogen-bond donors (Lipinski definition) is 1. The van der Waals surface area contributed by atoms with E-state index in [4.69, 9.17) is 25.0 Å². The van der Waals surface area contributed by atoms with Crippen molar-refractivity contribution in [3.63, 3.8) is 0 Å². The molecule has 0 bridgehead atoms. The number of nitrogens with zero attached hydrogens (tertiary/aromatic N) is 3. The van der Waals surface area contributed by atoms with Gasteiger partial charge in [-0.3, -0.25) is 0 Å². The number of benzene rings is 2. The Bertz CT molecular complexity index is 1110. The van der Waals surface area contributed by atoms with Gasteiger partial charge in [0.25, 0.3) is 0 Å². The van der Waals surface area contributed by atoms with Crippen molar-refractivity contribution in [3.8, 4) is 22.9 Å². The van der Waals surface area contributed by atoms with Crippen LogP contribution in [0.15, 0.2) is 41.4 Å². The molecule has 3 unspecified atom stereocenters. The standard InChI is InChI=1S/C24H26N4O3/c1-15-8-17(12-25)10-19(9-15)18-4-5-21-20(11-18)24(27-22(26)28(3)31-24)13-23(30-21)7-6-16(2)29-14-23/h4-5,8-11,16H,6-7,13-14H2,1-3H3,(H2,26,27). The Balaban J connectivity index is 1.63. The van der Waals surface area contributed by atoms with E-state index in [2.05, 4.69) is 19.1 Å². The third-order valence-electron chi connectivity index (χ3n) is 6.37. The molecule has 1 saturated heterocycles. The van der Waals surface area contributed by atoms with Gasteiger partial charge in [0, 0.05) is 13.5 Å². The van der Waals surface area contributed by atoms with Crippen LogP contribution in [0.25, 0.3) is 11.1 Å². The van der Waals surface area contributed by atoms with Gasteiger partial charge in [-0.1, -0.05) is 12.1 Å². The zero-order chi connectivity index (χ0) is 21.8. The number of rotatable bonds is 1. The summed E-state index contributed by atoms with van der Waals surface area (Å²) in [4.78, 5) is 11.0. The number of ether oxygens (including phenoxy) is 2. The van der Waals surface area contributed by atoms with E-state index in [9.17, 15) is 5.26 Å². The molecule has 7 heteroatoms. The number of fused-ring (bicyclic) bond motifs is 2. The smallest absolute Gasteiger partial charge is 0.222 e. The van der Waals surface area contributed by atoms with Crippen molar-refractivity contribution in [2.75, 3.05) is 13.7 Å². The Labute approximate surface area is 182 Å². The van der Waals surface area contributed by atoms with Crippen LogP contribution in [0.4, 0.5) is 0 Å². The van der Waals surface area contributed by atoms with E-state index in [1.165, 1.54) is 5.06 Å². The van der Waals surface area contributed by atoms with Gasteiger partial charge < -0.3 is 15.2 Å². The van der Waals surface area contributed by atoms with Crippen molar-refractivity contribution in [2.45, 2.75) is 50.5 Å². The highest BCUT2D eigenvalue weighted by Crippen LogP contribution is 2.52. The predicted octanol–water partition coefficient (Wildman–Crippen LogP) is 3.60. The third-order valence-corrected chi connectivity index (χ3v) is 6.37. The Kier molecular flexibility index (Phi) is 4.47. The van der Waals surface area contributed by atoms with E-state index in [1.54, 1.807) is 7.05 Å². The lowest BCUT2D eigenvalue weighted by Gasteiger charge is -2.47. The highest BCUT2D eigenvalue weighted by molar-refractivity contribution is 5.79. The van der Waals surface area contributed by atoms with Crippen molar-refractivity contribution in [3.05, 3.63) is 53.1 Å². The van der Waals surface area contributed by atoms with Gasteiger partial charge in [0.05, 0.1) is 29.9 Å². The molecule has 0 radical (unpaired) electrons. The number of nitriles is 1. The molecule has 0 aliphatic carbocycles. The van der Waals surface area contributed by atoms with Gasteiger partial charge in [-0.15, -0.1) is 0 Å². The van der Waals surface area contributed by atoms with Crippen LogP contribution < -0.4 is 10.5 Å². The van der Waals surface area contributed by atoms with Crippen LogP contribution in [0.2, 0.25) is 0 Å². The van der Waals surface area contributed by atoms with Crippen LogP contribution >= 0.6 is 0 Å². The SMILES string of the molecule is Cc1cc(C#N)cc(-c2ccc3c(c2)C2(CC4(CCC(C)OC4)O3)N=C(N)N(C)O2)c1. The van der Waals surface area contributed by atoms with Gasteiger partial charge in [-0.25, -0.2) is 14.9 Å². The summed E-state index contributed by atoms with van der Waals surface area (Å²) < 4.78 is 12.5. The Morgan fingerprint density at radius 3 is 2.74 bits per heavy atom. The molecule has 1 fully saturated rings. The monoisotopic (exact) mass is 418 g/mol. The summed E-state index contributed by atoms with van der Waals surface area (Å²) in [6.45, 7) is 4.56. The number of nitrogens with two attached hydrogens (primary N) is 1. The highest BCUT2D eigenvalue weighted by Gasteiger charge is 2.55. The Morgan fingerprint density at radius 1 is 1.23 bits per heavy atom. The van der Waals surface area contributed by atoms with Gasteiger partial charge in [0.2, 0.25) is 11.7 Å². The zero-order valence-corrected chi connectivity index (χ0v) is 18.0. The maximum atomic E-state index is 9.37. The number of aliphatic imine (C=N–C) groups is 1. The molecule has 3 heterocycles. The summed E-state index contributed by atoms with van der Waals surface area (Å²) in [5, 5.41) is 10.9. The summed E-state index contributed by atoms with van der Waals surface area (Å²) in [5.41, 5.74) is 9.09. The number of aryl methyl sites for hydroxylation is 1. The first-order chi connectivity index (χ1) is 14.8. The molecule has 0 amide bonds. The molecule has 2 aromatic rings. The minimum atomic E-state index is -0.964. The van der Waals surface area contributed by atoms with Crippen LogP contribution in [-0.2, 0) is 15.3 Å². The molecule has 3 aliphatic rings. The number of hydroxylamine groups is 2. The quantitative estimate of drug-likeness (QED) is 0.761. The molecule has 3 atom stereocenters. The fourth-order valence-corrected chi connectivity index (χ4v) is 4.79. The maximum absolute atomic E-state index is 9.37. The molecule has 0 aromatic heterocycles. The van der Waals surface area contributed by atoms with Crippen molar-refractivity contribution in [1.82, 2.24) is 5.06 Å². The average Bonchev–Trinajstić information content (AvgIpc) is 3.03. The first kappa shape index (κ1) is 19.9. The van der Waals surface area contributed by atoms with Crippen LogP contribution in [0, 0.1) is 18.3 Å². The summed E-state index contributed by atoms with van der Waals surface area (Å²) in [6, 6.07) is 14.1. The molecule has 3 aliphatic heterocycles. The lowest BCUT2D eigenvalue weighted by Crippen LogP contribution is -2.54. The summed E-state index contributed by atoms with van der Waals surface area (Å²) >= 11 is 0. The highest BCUT2D eigenvalue weighted by atomic mass is 16.7. The fourth-order valence-electron chi connectivity index (χ4n) is 4.79. The second-order valence-electron chi connectivity index (χ2n) is 8.88. The predicted molar refractivity (Wildman–Crippen MR) is 116 cm³/mol. The van der Waals surface area contributed by atoms with Crippen LogP contribution in [0.1, 0.15) is 42.9 Å². The van der Waals surface area contributed by atoms with Gasteiger partial charge in [-0.2, -0.15) is 5.26 Å². The average molecular weight is 418 g/mol. The first-order valence-electron chi connectivity index (χ1n) is 10.6. The summed E-state index contributed by atoms with van der Waals surface area (Å²) in [6.07, 6.45) is 2.51. The van der Waals surface area contributed by atoms with Crippen LogP contribution in [0.5, 0.6) is 5.75 Å². The van der Waals surface area contributed by atoms with Crippen molar-refractivity contribution in [2.24, 2.45) is 10.7 Å². The molecule has 0 saturated carbocycles. The molecular weight excluding hydrogens is 392 g/mol.